The minimum absolute atomic E-state index is 0.590. The van der Waals surface area contributed by atoms with E-state index in [1.807, 2.05) is 36.6 Å². The van der Waals surface area contributed by atoms with Gasteiger partial charge in [0.2, 0.25) is 0 Å². The third-order valence-electron chi connectivity index (χ3n) is 3.21. The number of urea groups is 1. The van der Waals surface area contributed by atoms with Crippen LogP contribution in [0.4, 0.5) is 21.3 Å². The highest BCUT2D eigenvalue weighted by atomic mass is 32.1. The van der Waals surface area contributed by atoms with Crippen molar-refractivity contribution in [2.45, 2.75) is 6.92 Å². The van der Waals surface area contributed by atoms with Crippen molar-refractivity contribution >= 4 is 33.9 Å². The summed E-state index contributed by atoms with van der Waals surface area (Å²) in [5.41, 5.74) is 9.52. The van der Waals surface area contributed by atoms with Gasteiger partial charge in [-0.3, -0.25) is 4.98 Å². The second-order valence-corrected chi connectivity index (χ2v) is 5.78. The Kier molecular flexibility index (Phi) is 4.20. The van der Waals surface area contributed by atoms with Crippen LogP contribution in [0, 0.1) is 6.92 Å². The summed E-state index contributed by atoms with van der Waals surface area (Å²) in [6.45, 7) is 1.98. The molecule has 116 valence electrons. The van der Waals surface area contributed by atoms with Gasteiger partial charge in [0.05, 0.1) is 5.69 Å². The zero-order valence-electron chi connectivity index (χ0n) is 12.4. The highest BCUT2D eigenvalue weighted by Crippen LogP contribution is 2.29. The molecule has 4 N–H and O–H groups in total. The SMILES string of the molecule is Cc1ccc(NC(N)=O)cc1Nc1nc(-c2cccnc2)cs1. The van der Waals surface area contributed by atoms with Gasteiger partial charge in [-0.05, 0) is 36.8 Å². The molecule has 2 heterocycles. The average molecular weight is 325 g/mol. The van der Waals surface area contributed by atoms with E-state index in [0.29, 0.717) is 5.69 Å². The van der Waals surface area contributed by atoms with E-state index >= 15 is 0 Å². The fraction of sp³-hybridized carbons (Fsp3) is 0.0625. The first-order valence-electron chi connectivity index (χ1n) is 6.92. The molecule has 0 bridgehead atoms. The summed E-state index contributed by atoms with van der Waals surface area (Å²) in [7, 11) is 0. The normalized spacial score (nSPS) is 10.3. The molecule has 0 atom stereocenters. The fourth-order valence-electron chi connectivity index (χ4n) is 2.07. The van der Waals surface area contributed by atoms with E-state index in [1.165, 1.54) is 11.3 Å². The van der Waals surface area contributed by atoms with Crippen LogP contribution >= 0.6 is 11.3 Å². The lowest BCUT2D eigenvalue weighted by atomic mass is 10.2. The van der Waals surface area contributed by atoms with Gasteiger partial charge in [0.15, 0.2) is 5.13 Å². The fourth-order valence-corrected chi connectivity index (χ4v) is 2.80. The number of carbonyl (C=O) groups is 1. The third kappa shape index (κ3) is 3.64. The molecule has 0 saturated carbocycles. The predicted octanol–water partition coefficient (Wildman–Crippen LogP) is 3.75. The zero-order valence-corrected chi connectivity index (χ0v) is 13.2. The van der Waals surface area contributed by atoms with Crippen molar-refractivity contribution in [1.29, 1.82) is 0 Å². The Morgan fingerprint density at radius 1 is 1.30 bits per heavy atom. The molecular formula is C16H15N5OS. The second kappa shape index (κ2) is 6.45. The number of nitrogens with two attached hydrogens (primary N) is 1. The van der Waals surface area contributed by atoms with E-state index in [-0.39, 0.29) is 0 Å². The summed E-state index contributed by atoms with van der Waals surface area (Å²) >= 11 is 1.51. The molecule has 6 nitrogen and oxygen atoms in total. The number of aromatic nitrogens is 2. The van der Waals surface area contributed by atoms with E-state index < -0.39 is 6.03 Å². The van der Waals surface area contributed by atoms with E-state index in [2.05, 4.69) is 20.6 Å². The molecule has 0 fully saturated rings. The number of hydrogen-bond donors (Lipinski definition) is 3. The summed E-state index contributed by atoms with van der Waals surface area (Å²) in [4.78, 5) is 19.6. The maximum absolute atomic E-state index is 11.0. The number of rotatable bonds is 4. The van der Waals surface area contributed by atoms with Crippen molar-refractivity contribution in [3.05, 3.63) is 53.7 Å². The van der Waals surface area contributed by atoms with Crippen LogP contribution in [0.15, 0.2) is 48.1 Å². The van der Waals surface area contributed by atoms with Crippen LogP contribution in [0.2, 0.25) is 0 Å². The molecular weight excluding hydrogens is 310 g/mol. The number of pyridine rings is 1. The largest absolute Gasteiger partial charge is 0.351 e. The summed E-state index contributed by atoms with van der Waals surface area (Å²) < 4.78 is 0. The molecule has 23 heavy (non-hydrogen) atoms. The maximum atomic E-state index is 11.0. The molecule has 2 aromatic heterocycles. The summed E-state index contributed by atoms with van der Waals surface area (Å²) in [5, 5.41) is 8.57. The number of amides is 2. The van der Waals surface area contributed by atoms with Crippen LogP contribution in [0.3, 0.4) is 0 Å². The second-order valence-electron chi connectivity index (χ2n) is 4.92. The van der Waals surface area contributed by atoms with Crippen LogP contribution in [-0.4, -0.2) is 16.0 Å². The number of primary amides is 1. The molecule has 7 heteroatoms. The van der Waals surface area contributed by atoms with Crippen LogP contribution in [0.5, 0.6) is 0 Å². The van der Waals surface area contributed by atoms with Gasteiger partial charge in [-0.25, -0.2) is 9.78 Å². The first kappa shape index (κ1) is 15.0. The quantitative estimate of drug-likeness (QED) is 0.681. The van der Waals surface area contributed by atoms with Gasteiger partial charge in [-0.15, -0.1) is 11.3 Å². The van der Waals surface area contributed by atoms with Crippen LogP contribution in [0.25, 0.3) is 11.3 Å². The van der Waals surface area contributed by atoms with Crippen molar-refractivity contribution in [3.8, 4) is 11.3 Å². The first-order valence-corrected chi connectivity index (χ1v) is 7.80. The van der Waals surface area contributed by atoms with Gasteiger partial charge < -0.3 is 16.4 Å². The predicted molar refractivity (Wildman–Crippen MR) is 93.0 cm³/mol. The Hall–Kier alpha value is -2.93. The van der Waals surface area contributed by atoms with E-state index in [4.69, 9.17) is 5.73 Å². The Labute approximate surface area is 137 Å². The van der Waals surface area contributed by atoms with Gasteiger partial charge in [0.1, 0.15) is 0 Å². The molecule has 3 aromatic rings. The van der Waals surface area contributed by atoms with Crippen molar-refractivity contribution in [3.63, 3.8) is 0 Å². The molecule has 3 rings (SSSR count). The number of nitrogens with one attached hydrogen (secondary N) is 2. The van der Waals surface area contributed by atoms with E-state index in [0.717, 1.165) is 27.6 Å². The molecule has 0 aliphatic carbocycles. The summed E-state index contributed by atoms with van der Waals surface area (Å²) in [5.74, 6) is 0. The smallest absolute Gasteiger partial charge is 0.316 e. The minimum atomic E-state index is -0.590. The lowest BCUT2D eigenvalue weighted by Crippen LogP contribution is -2.19. The van der Waals surface area contributed by atoms with Crippen molar-refractivity contribution in [2.75, 3.05) is 10.6 Å². The number of nitrogens with zero attached hydrogens (tertiary/aromatic N) is 2. The minimum Gasteiger partial charge on any atom is -0.351 e. The molecule has 0 radical (unpaired) electrons. The van der Waals surface area contributed by atoms with Crippen LogP contribution in [-0.2, 0) is 0 Å². The standard InChI is InChI=1S/C16H15N5OS/c1-10-4-5-12(19-15(17)22)7-13(10)20-16-21-14(9-23-16)11-3-2-6-18-8-11/h2-9H,1H3,(H,20,21)(H3,17,19,22). The van der Waals surface area contributed by atoms with Crippen molar-refractivity contribution in [2.24, 2.45) is 5.73 Å². The van der Waals surface area contributed by atoms with Crippen molar-refractivity contribution < 1.29 is 4.79 Å². The van der Waals surface area contributed by atoms with Crippen molar-refractivity contribution in [1.82, 2.24) is 9.97 Å². The third-order valence-corrected chi connectivity index (χ3v) is 3.97. The number of benzene rings is 1. The maximum Gasteiger partial charge on any atom is 0.316 e. The topological polar surface area (TPSA) is 92.9 Å². The lowest BCUT2D eigenvalue weighted by molar-refractivity contribution is 0.259. The molecule has 0 spiro atoms. The Bertz CT molecular complexity index is 831. The van der Waals surface area contributed by atoms with Crippen LogP contribution in [0.1, 0.15) is 5.56 Å². The molecule has 0 aliphatic heterocycles. The average Bonchev–Trinajstić information content (AvgIpc) is 3.00. The van der Waals surface area contributed by atoms with Gasteiger partial charge in [-0.1, -0.05) is 6.07 Å². The number of aryl methyl sites for hydroxylation is 1. The zero-order chi connectivity index (χ0) is 16.2. The monoisotopic (exact) mass is 325 g/mol. The summed E-state index contributed by atoms with van der Waals surface area (Å²) in [6.07, 6.45) is 3.51. The molecule has 0 saturated heterocycles. The van der Waals surface area contributed by atoms with E-state index in [9.17, 15) is 4.79 Å². The number of anilines is 3. The number of carbonyl (C=O) groups excluding carboxylic acids is 1. The number of thiazole rings is 1. The first-order chi connectivity index (χ1) is 11.1. The molecule has 0 unspecified atom stereocenters. The van der Waals surface area contributed by atoms with Gasteiger partial charge in [0, 0.05) is 34.7 Å². The Morgan fingerprint density at radius 2 is 2.17 bits per heavy atom. The highest BCUT2D eigenvalue weighted by Gasteiger charge is 2.07. The highest BCUT2D eigenvalue weighted by molar-refractivity contribution is 7.14. The van der Waals surface area contributed by atoms with Gasteiger partial charge in [-0.2, -0.15) is 0 Å². The van der Waals surface area contributed by atoms with Gasteiger partial charge >= 0.3 is 6.03 Å². The van der Waals surface area contributed by atoms with Crippen LogP contribution < -0.4 is 16.4 Å². The Morgan fingerprint density at radius 3 is 2.91 bits per heavy atom. The Balaban J connectivity index is 1.82. The number of hydrogen-bond acceptors (Lipinski definition) is 5. The molecule has 1 aromatic carbocycles. The van der Waals surface area contributed by atoms with Gasteiger partial charge in [0.25, 0.3) is 0 Å². The lowest BCUT2D eigenvalue weighted by Gasteiger charge is -2.09. The van der Waals surface area contributed by atoms with E-state index in [1.54, 1.807) is 18.5 Å². The molecule has 2 amide bonds. The molecule has 0 aliphatic rings. The summed E-state index contributed by atoms with van der Waals surface area (Å²) in [6, 6.07) is 8.79.